The molecule has 0 unspecified atom stereocenters. The molecule has 0 atom stereocenters. The standard InChI is InChI=1S/C16H11ClN6O/c17-13-4-7-23-15(22-13)12(9-20-23)16(24)21-11-3-1-2-10(8-11)14-18-5-6-19-14/h1-9H,(H,18,19)(H,21,24). The fourth-order valence-electron chi connectivity index (χ4n) is 2.37. The van der Waals surface area contributed by atoms with Crippen LogP contribution in [-0.4, -0.2) is 30.5 Å². The van der Waals surface area contributed by atoms with Gasteiger partial charge in [0.2, 0.25) is 0 Å². The van der Waals surface area contributed by atoms with Gasteiger partial charge in [0.25, 0.3) is 5.91 Å². The van der Waals surface area contributed by atoms with Crippen LogP contribution < -0.4 is 5.32 Å². The monoisotopic (exact) mass is 338 g/mol. The highest BCUT2D eigenvalue weighted by Crippen LogP contribution is 2.20. The summed E-state index contributed by atoms with van der Waals surface area (Å²) in [5, 5.41) is 7.24. The molecule has 3 heterocycles. The van der Waals surface area contributed by atoms with E-state index in [9.17, 15) is 4.79 Å². The number of benzene rings is 1. The number of carbonyl (C=O) groups is 1. The number of anilines is 1. The molecule has 1 amide bonds. The highest BCUT2D eigenvalue weighted by molar-refractivity contribution is 6.29. The minimum Gasteiger partial charge on any atom is -0.345 e. The summed E-state index contributed by atoms with van der Waals surface area (Å²) in [5.74, 6) is 0.423. The molecule has 24 heavy (non-hydrogen) atoms. The topological polar surface area (TPSA) is 88.0 Å². The summed E-state index contributed by atoms with van der Waals surface area (Å²) < 4.78 is 1.50. The Morgan fingerprint density at radius 3 is 3.04 bits per heavy atom. The molecule has 0 fully saturated rings. The molecule has 0 saturated carbocycles. The van der Waals surface area contributed by atoms with Crippen LogP contribution in [0.4, 0.5) is 5.69 Å². The molecule has 4 aromatic rings. The molecule has 7 nitrogen and oxygen atoms in total. The number of rotatable bonds is 3. The van der Waals surface area contributed by atoms with Gasteiger partial charge in [-0.05, 0) is 18.2 Å². The molecule has 118 valence electrons. The molecule has 0 spiro atoms. The number of H-pyrrole nitrogens is 1. The Hall–Kier alpha value is -3.19. The molecular weight excluding hydrogens is 328 g/mol. The van der Waals surface area contributed by atoms with E-state index in [1.54, 1.807) is 30.7 Å². The van der Waals surface area contributed by atoms with Crippen molar-refractivity contribution in [2.24, 2.45) is 0 Å². The van der Waals surface area contributed by atoms with Gasteiger partial charge in [-0.3, -0.25) is 4.79 Å². The van der Waals surface area contributed by atoms with E-state index in [2.05, 4.69) is 25.4 Å². The molecule has 3 aromatic heterocycles. The van der Waals surface area contributed by atoms with Crippen LogP contribution >= 0.6 is 11.6 Å². The Labute approximate surface area is 141 Å². The van der Waals surface area contributed by atoms with E-state index in [-0.39, 0.29) is 5.91 Å². The number of fused-ring (bicyclic) bond motifs is 1. The van der Waals surface area contributed by atoms with Gasteiger partial charge >= 0.3 is 0 Å². The highest BCUT2D eigenvalue weighted by Gasteiger charge is 2.15. The lowest BCUT2D eigenvalue weighted by atomic mass is 10.2. The van der Waals surface area contributed by atoms with E-state index in [1.165, 1.54) is 10.7 Å². The zero-order chi connectivity index (χ0) is 16.5. The predicted molar refractivity (Wildman–Crippen MR) is 90.0 cm³/mol. The van der Waals surface area contributed by atoms with Gasteiger partial charge in [0, 0.05) is 29.8 Å². The molecule has 0 aliphatic heterocycles. The number of carbonyl (C=O) groups excluding carboxylic acids is 1. The summed E-state index contributed by atoms with van der Waals surface area (Å²) >= 11 is 5.90. The van der Waals surface area contributed by atoms with Gasteiger partial charge in [0.15, 0.2) is 5.65 Å². The third kappa shape index (κ3) is 2.61. The second kappa shape index (κ2) is 5.78. The lowest BCUT2D eigenvalue weighted by Crippen LogP contribution is -2.12. The Bertz CT molecular complexity index is 1020. The summed E-state index contributed by atoms with van der Waals surface area (Å²) in [6.45, 7) is 0. The maximum atomic E-state index is 12.5. The molecule has 0 saturated heterocycles. The Balaban J connectivity index is 1.64. The van der Waals surface area contributed by atoms with Crippen LogP contribution in [0.1, 0.15) is 10.4 Å². The molecule has 4 rings (SSSR count). The molecule has 2 N–H and O–H groups in total. The van der Waals surface area contributed by atoms with E-state index >= 15 is 0 Å². The van der Waals surface area contributed by atoms with Gasteiger partial charge in [-0.15, -0.1) is 0 Å². The third-order valence-electron chi connectivity index (χ3n) is 3.47. The Kier molecular flexibility index (Phi) is 3.47. The van der Waals surface area contributed by atoms with Gasteiger partial charge in [-0.2, -0.15) is 5.10 Å². The normalized spacial score (nSPS) is 10.9. The molecule has 8 heteroatoms. The van der Waals surface area contributed by atoms with E-state index in [0.29, 0.717) is 22.1 Å². The van der Waals surface area contributed by atoms with E-state index in [4.69, 9.17) is 11.6 Å². The van der Waals surface area contributed by atoms with E-state index in [0.717, 1.165) is 11.4 Å². The number of nitrogens with one attached hydrogen (secondary N) is 2. The first-order chi connectivity index (χ1) is 11.7. The van der Waals surface area contributed by atoms with Gasteiger partial charge in [0.1, 0.15) is 16.5 Å². The lowest BCUT2D eigenvalue weighted by Gasteiger charge is -2.05. The van der Waals surface area contributed by atoms with E-state index < -0.39 is 0 Å². The largest absolute Gasteiger partial charge is 0.345 e. The van der Waals surface area contributed by atoms with Crippen LogP contribution in [-0.2, 0) is 0 Å². The summed E-state index contributed by atoms with van der Waals surface area (Å²) in [6.07, 6.45) is 6.54. The first-order valence-corrected chi connectivity index (χ1v) is 7.49. The van der Waals surface area contributed by atoms with Crippen LogP contribution in [0.5, 0.6) is 0 Å². The van der Waals surface area contributed by atoms with Gasteiger partial charge in [-0.1, -0.05) is 23.7 Å². The summed E-state index contributed by atoms with van der Waals surface area (Å²) in [7, 11) is 0. The lowest BCUT2D eigenvalue weighted by molar-refractivity contribution is 0.102. The number of amides is 1. The zero-order valence-corrected chi connectivity index (χ0v) is 13.0. The maximum absolute atomic E-state index is 12.5. The van der Waals surface area contributed by atoms with Crippen molar-refractivity contribution in [3.8, 4) is 11.4 Å². The number of aromatic nitrogens is 5. The van der Waals surface area contributed by atoms with Gasteiger partial charge in [0.05, 0.1) is 6.20 Å². The second-order valence-electron chi connectivity index (χ2n) is 5.05. The molecular formula is C16H11ClN6O. The average molecular weight is 339 g/mol. The van der Waals surface area contributed by atoms with Crippen molar-refractivity contribution < 1.29 is 4.79 Å². The first kappa shape index (κ1) is 14.4. The molecule has 0 aliphatic rings. The SMILES string of the molecule is O=C(Nc1cccc(-c2ncc[nH]2)c1)c1cnn2ccc(Cl)nc12. The van der Waals surface area contributed by atoms with Gasteiger partial charge < -0.3 is 10.3 Å². The molecule has 0 radical (unpaired) electrons. The number of hydrogen-bond donors (Lipinski definition) is 2. The van der Waals surface area contributed by atoms with Crippen molar-refractivity contribution in [1.82, 2.24) is 24.6 Å². The summed E-state index contributed by atoms with van der Waals surface area (Å²) in [5.41, 5.74) is 2.28. The predicted octanol–water partition coefficient (Wildman–Crippen LogP) is 3.03. The molecule has 1 aromatic carbocycles. The van der Waals surface area contributed by atoms with Gasteiger partial charge in [-0.25, -0.2) is 14.5 Å². The van der Waals surface area contributed by atoms with E-state index in [1.807, 2.05) is 18.2 Å². The van der Waals surface area contributed by atoms with Crippen molar-refractivity contribution in [1.29, 1.82) is 0 Å². The van der Waals surface area contributed by atoms with Crippen molar-refractivity contribution in [2.45, 2.75) is 0 Å². The third-order valence-corrected chi connectivity index (χ3v) is 3.68. The Morgan fingerprint density at radius 2 is 2.21 bits per heavy atom. The second-order valence-corrected chi connectivity index (χ2v) is 5.44. The fraction of sp³-hybridized carbons (Fsp3) is 0. The van der Waals surface area contributed by atoms with Crippen LogP contribution in [0.15, 0.2) is 55.1 Å². The minimum absolute atomic E-state index is 0.303. The summed E-state index contributed by atoms with van der Waals surface area (Å²) in [4.78, 5) is 23.9. The van der Waals surface area contributed by atoms with Crippen molar-refractivity contribution in [2.75, 3.05) is 5.32 Å². The molecule has 0 aliphatic carbocycles. The number of nitrogens with zero attached hydrogens (tertiary/aromatic N) is 4. The van der Waals surface area contributed by atoms with Crippen molar-refractivity contribution >= 4 is 28.8 Å². The highest BCUT2D eigenvalue weighted by atomic mass is 35.5. The number of hydrogen-bond acceptors (Lipinski definition) is 4. The smallest absolute Gasteiger partial charge is 0.261 e. The molecule has 0 bridgehead atoms. The first-order valence-electron chi connectivity index (χ1n) is 7.12. The van der Waals surface area contributed by atoms with Crippen LogP contribution in [0.2, 0.25) is 5.15 Å². The van der Waals surface area contributed by atoms with Crippen LogP contribution in [0.25, 0.3) is 17.0 Å². The quantitative estimate of drug-likeness (QED) is 0.562. The van der Waals surface area contributed by atoms with Crippen molar-refractivity contribution in [3.05, 3.63) is 65.8 Å². The minimum atomic E-state index is -0.309. The number of halogens is 1. The van der Waals surface area contributed by atoms with Crippen LogP contribution in [0.3, 0.4) is 0 Å². The number of aromatic amines is 1. The summed E-state index contributed by atoms with van der Waals surface area (Å²) in [6, 6.07) is 9.00. The van der Waals surface area contributed by atoms with Crippen molar-refractivity contribution in [3.63, 3.8) is 0 Å². The maximum Gasteiger partial charge on any atom is 0.261 e. The fourth-order valence-corrected chi connectivity index (χ4v) is 2.51. The average Bonchev–Trinajstić information content (AvgIpc) is 3.24. The zero-order valence-electron chi connectivity index (χ0n) is 12.3. The van der Waals surface area contributed by atoms with Crippen LogP contribution in [0, 0.1) is 0 Å². The Morgan fingerprint density at radius 1 is 1.29 bits per heavy atom. The number of imidazole rings is 1.